The number of hydrogen-bond acceptors (Lipinski definition) is 5. The van der Waals surface area contributed by atoms with Gasteiger partial charge >= 0.3 is 6.03 Å². The fourth-order valence-electron chi connectivity index (χ4n) is 4.07. The third-order valence-electron chi connectivity index (χ3n) is 5.93. The number of rotatable bonds is 9. The molecule has 1 atom stereocenters. The van der Waals surface area contributed by atoms with Crippen molar-refractivity contribution >= 4 is 23.2 Å². The van der Waals surface area contributed by atoms with Gasteiger partial charge in [0.25, 0.3) is 5.89 Å². The summed E-state index contributed by atoms with van der Waals surface area (Å²) in [6.07, 6.45) is 1.67. The number of urea groups is 1. The molecule has 2 heterocycles. The number of benzene rings is 2. The summed E-state index contributed by atoms with van der Waals surface area (Å²) < 4.78 is 11.2. The Balaban J connectivity index is 1.73. The highest BCUT2D eigenvalue weighted by Gasteiger charge is 2.35. The number of hydrogen-bond donors (Lipinski definition) is 1. The number of aromatic nitrogens is 2. The highest BCUT2D eigenvalue weighted by molar-refractivity contribution is 6.30. The van der Waals surface area contributed by atoms with Crippen LogP contribution >= 0.6 is 11.6 Å². The minimum atomic E-state index is -0.408. The summed E-state index contributed by atoms with van der Waals surface area (Å²) in [5.41, 5.74) is 4.51. The molecule has 0 spiro atoms. The van der Waals surface area contributed by atoms with E-state index in [9.17, 15) is 4.79 Å². The molecule has 2 amide bonds. The third-order valence-corrected chi connectivity index (χ3v) is 6.17. The van der Waals surface area contributed by atoms with E-state index in [1.807, 2.05) is 38.1 Å². The van der Waals surface area contributed by atoms with Gasteiger partial charge < -0.3 is 14.6 Å². The summed E-state index contributed by atoms with van der Waals surface area (Å²) in [5.74, 6) is 0.810. The molecule has 1 unspecified atom stereocenters. The Kier molecular flexibility index (Phi) is 7.65. The zero-order valence-electron chi connectivity index (χ0n) is 19.7. The zero-order valence-corrected chi connectivity index (χ0v) is 20.4. The molecule has 0 bridgehead atoms. The molecule has 1 aliphatic rings. The fourth-order valence-corrected chi connectivity index (χ4v) is 4.26. The van der Waals surface area contributed by atoms with Crippen LogP contribution in [0.4, 0.5) is 4.79 Å². The number of aryl methyl sites for hydroxylation is 1. The number of amides is 2. The summed E-state index contributed by atoms with van der Waals surface area (Å²) in [6, 6.07) is 15.0. The Labute approximate surface area is 204 Å². The van der Waals surface area contributed by atoms with Crippen molar-refractivity contribution in [3.8, 4) is 11.4 Å². The Hall–Kier alpha value is -3.16. The van der Waals surface area contributed by atoms with Crippen LogP contribution in [0.1, 0.15) is 50.3 Å². The lowest BCUT2D eigenvalue weighted by Gasteiger charge is -2.35. The van der Waals surface area contributed by atoms with Gasteiger partial charge in [0, 0.05) is 36.0 Å². The molecule has 7 nitrogen and oxygen atoms in total. The fraction of sp³-hybridized carbons (Fsp3) is 0.346. The molecule has 0 fully saturated rings. The van der Waals surface area contributed by atoms with E-state index < -0.39 is 6.04 Å². The summed E-state index contributed by atoms with van der Waals surface area (Å²) in [7, 11) is 0. The number of carbonyl (C=O) groups excluding carboxylic acids is 1. The molecule has 3 aromatic rings. The Morgan fingerprint density at radius 2 is 1.97 bits per heavy atom. The Bertz CT molecular complexity index is 1170. The smallest absolute Gasteiger partial charge is 0.322 e. The predicted octanol–water partition coefficient (Wildman–Crippen LogP) is 5.88. The quantitative estimate of drug-likeness (QED) is 0.387. The van der Waals surface area contributed by atoms with Crippen LogP contribution in [0.2, 0.25) is 5.02 Å². The molecule has 34 heavy (non-hydrogen) atoms. The molecular weight excluding hydrogens is 452 g/mol. The average molecular weight is 481 g/mol. The van der Waals surface area contributed by atoms with Crippen LogP contribution in [0, 0.1) is 0 Å². The van der Waals surface area contributed by atoms with Gasteiger partial charge in [-0.15, -0.1) is 0 Å². The minimum absolute atomic E-state index is 0.156. The second-order valence-electron chi connectivity index (χ2n) is 8.11. The van der Waals surface area contributed by atoms with Gasteiger partial charge in [0.15, 0.2) is 0 Å². The van der Waals surface area contributed by atoms with Gasteiger partial charge in [0.2, 0.25) is 5.82 Å². The van der Waals surface area contributed by atoms with Crippen molar-refractivity contribution in [1.82, 2.24) is 20.4 Å². The molecule has 0 saturated heterocycles. The second kappa shape index (κ2) is 10.8. The van der Waals surface area contributed by atoms with Crippen LogP contribution in [-0.2, 0) is 11.2 Å². The van der Waals surface area contributed by atoms with Crippen LogP contribution in [0.5, 0.6) is 0 Å². The number of ether oxygens (including phenoxy) is 1. The Morgan fingerprint density at radius 1 is 1.18 bits per heavy atom. The molecule has 8 heteroatoms. The normalized spacial score (nSPS) is 16.2. The van der Waals surface area contributed by atoms with E-state index in [0.717, 1.165) is 35.2 Å². The maximum absolute atomic E-state index is 13.1. The first-order chi connectivity index (χ1) is 16.5. The van der Waals surface area contributed by atoms with E-state index in [1.54, 1.807) is 17.0 Å². The van der Waals surface area contributed by atoms with Gasteiger partial charge in [-0.1, -0.05) is 60.1 Å². The van der Waals surface area contributed by atoms with Crippen molar-refractivity contribution < 1.29 is 14.1 Å². The number of nitrogens with one attached hydrogen (secondary N) is 1. The van der Waals surface area contributed by atoms with Gasteiger partial charge in [0.05, 0.1) is 11.6 Å². The number of allylic oxidation sites excluding steroid dienone is 1. The van der Waals surface area contributed by atoms with Gasteiger partial charge in [-0.25, -0.2) is 4.79 Å². The molecule has 2 aromatic carbocycles. The summed E-state index contributed by atoms with van der Waals surface area (Å²) in [4.78, 5) is 19.5. The first-order valence-electron chi connectivity index (χ1n) is 11.6. The van der Waals surface area contributed by atoms with E-state index in [1.165, 1.54) is 5.56 Å². The molecule has 1 aliphatic heterocycles. The monoisotopic (exact) mass is 480 g/mol. The van der Waals surface area contributed by atoms with Crippen LogP contribution in [0.15, 0.2) is 58.8 Å². The van der Waals surface area contributed by atoms with Crippen molar-refractivity contribution in [2.24, 2.45) is 0 Å². The van der Waals surface area contributed by atoms with Crippen molar-refractivity contribution in [3.05, 3.63) is 76.3 Å². The van der Waals surface area contributed by atoms with Crippen molar-refractivity contribution in [2.45, 2.75) is 39.7 Å². The standard InChI is InChI=1S/C26H29ClN4O3/c1-4-18-10-12-19(13-11-18)23-22(17(3)31(26(32)28-23)14-7-15-33-5-2)25-29-24(30-34-25)20-8-6-9-21(27)16-20/h6,8-13,16,23H,4-5,7,14-15H2,1-3H3,(H,28,32). The zero-order chi connectivity index (χ0) is 24.1. The average Bonchev–Trinajstić information content (AvgIpc) is 3.33. The van der Waals surface area contributed by atoms with Gasteiger partial charge in [-0.3, -0.25) is 4.90 Å². The topological polar surface area (TPSA) is 80.5 Å². The molecule has 1 N–H and O–H groups in total. The summed E-state index contributed by atoms with van der Waals surface area (Å²) in [6.45, 7) is 7.76. The van der Waals surface area contributed by atoms with E-state index in [0.29, 0.717) is 36.5 Å². The first-order valence-corrected chi connectivity index (χ1v) is 11.9. The van der Waals surface area contributed by atoms with E-state index in [2.05, 4.69) is 34.5 Å². The van der Waals surface area contributed by atoms with E-state index >= 15 is 0 Å². The Morgan fingerprint density at radius 3 is 2.68 bits per heavy atom. The van der Waals surface area contributed by atoms with Gasteiger partial charge in [0.1, 0.15) is 0 Å². The van der Waals surface area contributed by atoms with E-state index in [4.69, 9.17) is 20.9 Å². The van der Waals surface area contributed by atoms with Gasteiger partial charge in [-0.2, -0.15) is 4.98 Å². The van der Waals surface area contributed by atoms with Gasteiger partial charge in [-0.05, 0) is 49.9 Å². The van der Waals surface area contributed by atoms with Crippen LogP contribution < -0.4 is 5.32 Å². The van der Waals surface area contributed by atoms with Crippen molar-refractivity contribution in [3.63, 3.8) is 0 Å². The molecule has 1 aromatic heterocycles. The first kappa shape index (κ1) is 24.0. The minimum Gasteiger partial charge on any atom is -0.382 e. The lowest BCUT2D eigenvalue weighted by atomic mass is 9.93. The molecule has 0 saturated carbocycles. The lowest BCUT2D eigenvalue weighted by molar-refractivity contribution is 0.136. The van der Waals surface area contributed by atoms with Crippen LogP contribution in [0.3, 0.4) is 0 Å². The highest BCUT2D eigenvalue weighted by atomic mass is 35.5. The predicted molar refractivity (Wildman–Crippen MR) is 132 cm³/mol. The molecule has 0 aliphatic carbocycles. The molecule has 4 rings (SSSR count). The lowest BCUT2D eigenvalue weighted by Crippen LogP contribution is -2.46. The second-order valence-corrected chi connectivity index (χ2v) is 8.55. The van der Waals surface area contributed by atoms with Crippen molar-refractivity contribution in [2.75, 3.05) is 19.8 Å². The maximum atomic E-state index is 13.1. The number of halogens is 1. The van der Waals surface area contributed by atoms with Crippen LogP contribution in [-0.4, -0.2) is 40.8 Å². The number of carbonyl (C=O) groups is 1. The highest BCUT2D eigenvalue weighted by Crippen LogP contribution is 2.37. The maximum Gasteiger partial charge on any atom is 0.322 e. The summed E-state index contributed by atoms with van der Waals surface area (Å²) >= 11 is 6.15. The molecular formula is C26H29ClN4O3. The molecule has 0 radical (unpaired) electrons. The summed E-state index contributed by atoms with van der Waals surface area (Å²) in [5, 5.41) is 7.93. The largest absolute Gasteiger partial charge is 0.382 e. The van der Waals surface area contributed by atoms with Crippen LogP contribution in [0.25, 0.3) is 17.0 Å². The number of nitrogens with zero attached hydrogens (tertiary/aromatic N) is 3. The molecule has 178 valence electrons. The van der Waals surface area contributed by atoms with E-state index in [-0.39, 0.29) is 6.03 Å². The van der Waals surface area contributed by atoms with Crippen molar-refractivity contribution in [1.29, 1.82) is 0 Å². The third kappa shape index (κ3) is 5.16. The SMILES string of the molecule is CCOCCCN1C(=O)NC(c2ccc(CC)cc2)C(c2nc(-c3cccc(Cl)c3)no2)=C1C.